The molecule has 96 valence electrons. The van der Waals surface area contributed by atoms with Crippen LogP contribution in [0.2, 0.25) is 5.02 Å². The average molecular weight is 277 g/mol. The van der Waals surface area contributed by atoms with Crippen LogP contribution in [0.4, 0.5) is 0 Å². The topological polar surface area (TPSA) is 41.1 Å². The Morgan fingerprint density at radius 1 is 1.18 bits per heavy atom. The zero-order valence-corrected chi connectivity index (χ0v) is 11.4. The van der Waals surface area contributed by atoms with E-state index >= 15 is 0 Å². The second kappa shape index (κ2) is 9.28. The van der Waals surface area contributed by atoms with Crippen molar-refractivity contribution in [3.05, 3.63) is 34.9 Å². The molecular formula is C12H18Cl2N2O. The Bertz CT molecular complexity index is 328. The number of nitrogens with one attached hydrogen (secondary N) is 2. The first-order chi connectivity index (χ1) is 7.74. The predicted molar refractivity (Wildman–Crippen MR) is 74.2 cm³/mol. The zero-order chi connectivity index (χ0) is 11.8. The molecule has 3 nitrogen and oxygen atoms in total. The summed E-state index contributed by atoms with van der Waals surface area (Å²) < 4.78 is 0. The van der Waals surface area contributed by atoms with Gasteiger partial charge in [-0.2, -0.15) is 0 Å². The van der Waals surface area contributed by atoms with Crippen LogP contribution in [-0.4, -0.2) is 25.5 Å². The Morgan fingerprint density at radius 2 is 1.82 bits per heavy atom. The second-order valence-electron chi connectivity index (χ2n) is 3.51. The minimum Gasteiger partial charge on any atom is -0.351 e. The van der Waals surface area contributed by atoms with E-state index in [0.29, 0.717) is 17.1 Å². The normalized spacial score (nSPS) is 9.53. The van der Waals surface area contributed by atoms with E-state index in [2.05, 4.69) is 17.6 Å². The van der Waals surface area contributed by atoms with E-state index in [1.807, 2.05) is 0 Å². The number of rotatable bonds is 6. The number of hydrogen-bond donors (Lipinski definition) is 2. The van der Waals surface area contributed by atoms with Gasteiger partial charge in [-0.05, 0) is 37.2 Å². The monoisotopic (exact) mass is 276 g/mol. The smallest absolute Gasteiger partial charge is 0.251 e. The SMILES string of the molecule is CCCNCCNC(=O)c1ccc(Cl)cc1.Cl. The molecule has 0 bridgehead atoms. The van der Waals surface area contributed by atoms with Gasteiger partial charge >= 0.3 is 0 Å². The number of hydrogen-bond acceptors (Lipinski definition) is 2. The number of amides is 1. The van der Waals surface area contributed by atoms with Gasteiger partial charge in [0.05, 0.1) is 0 Å². The maximum absolute atomic E-state index is 11.6. The van der Waals surface area contributed by atoms with Crippen LogP contribution in [0.5, 0.6) is 0 Å². The van der Waals surface area contributed by atoms with E-state index < -0.39 is 0 Å². The van der Waals surface area contributed by atoms with Gasteiger partial charge in [0.25, 0.3) is 5.91 Å². The summed E-state index contributed by atoms with van der Waals surface area (Å²) in [5.41, 5.74) is 0.639. The molecule has 0 heterocycles. The molecule has 0 fully saturated rings. The van der Waals surface area contributed by atoms with Gasteiger partial charge < -0.3 is 10.6 Å². The van der Waals surface area contributed by atoms with Gasteiger partial charge in [-0.15, -0.1) is 12.4 Å². The maximum Gasteiger partial charge on any atom is 0.251 e. The first kappa shape index (κ1) is 16.2. The van der Waals surface area contributed by atoms with Crippen LogP contribution in [0.25, 0.3) is 0 Å². The molecule has 0 unspecified atom stereocenters. The summed E-state index contributed by atoms with van der Waals surface area (Å²) in [4.78, 5) is 11.6. The van der Waals surface area contributed by atoms with Crippen molar-refractivity contribution in [2.24, 2.45) is 0 Å². The van der Waals surface area contributed by atoms with Crippen molar-refractivity contribution in [3.8, 4) is 0 Å². The van der Waals surface area contributed by atoms with Gasteiger partial charge in [0, 0.05) is 23.7 Å². The molecule has 0 aliphatic carbocycles. The molecule has 1 amide bonds. The predicted octanol–water partition coefficient (Wildman–Crippen LogP) is 2.49. The summed E-state index contributed by atoms with van der Waals surface area (Å²) in [7, 11) is 0. The minimum atomic E-state index is -0.0602. The molecule has 0 aliphatic heterocycles. The molecule has 0 aromatic heterocycles. The van der Waals surface area contributed by atoms with Crippen LogP contribution in [0, 0.1) is 0 Å². The highest BCUT2D eigenvalue weighted by Crippen LogP contribution is 2.08. The van der Waals surface area contributed by atoms with Crippen LogP contribution >= 0.6 is 24.0 Å². The Labute approximate surface area is 113 Å². The Kier molecular flexibility index (Phi) is 8.86. The van der Waals surface area contributed by atoms with Gasteiger partial charge in [0.1, 0.15) is 0 Å². The van der Waals surface area contributed by atoms with Gasteiger partial charge in [-0.1, -0.05) is 18.5 Å². The van der Waals surface area contributed by atoms with Gasteiger partial charge in [-0.3, -0.25) is 4.79 Å². The lowest BCUT2D eigenvalue weighted by molar-refractivity contribution is 0.0954. The van der Waals surface area contributed by atoms with Crippen molar-refractivity contribution < 1.29 is 4.79 Å². The summed E-state index contributed by atoms with van der Waals surface area (Å²) in [5, 5.41) is 6.69. The van der Waals surface area contributed by atoms with Crippen molar-refractivity contribution in [1.29, 1.82) is 0 Å². The molecule has 0 atom stereocenters. The molecule has 0 saturated carbocycles. The third kappa shape index (κ3) is 6.51. The molecule has 2 N–H and O–H groups in total. The molecule has 0 saturated heterocycles. The van der Waals surface area contributed by atoms with E-state index in [-0.39, 0.29) is 18.3 Å². The fourth-order valence-corrected chi connectivity index (χ4v) is 1.40. The first-order valence-electron chi connectivity index (χ1n) is 5.48. The van der Waals surface area contributed by atoms with Crippen molar-refractivity contribution >= 4 is 29.9 Å². The molecular weight excluding hydrogens is 259 g/mol. The Morgan fingerprint density at radius 3 is 2.41 bits per heavy atom. The Hall–Kier alpha value is -0.770. The summed E-state index contributed by atoms with van der Waals surface area (Å²) in [6.07, 6.45) is 1.10. The summed E-state index contributed by atoms with van der Waals surface area (Å²) in [6.45, 7) is 4.53. The highest BCUT2D eigenvalue weighted by Gasteiger charge is 2.03. The number of carbonyl (C=O) groups excluding carboxylic acids is 1. The first-order valence-corrected chi connectivity index (χ1v) is 5.86. The number of carbonyl (C=O) groups is 1. The van der Waals surface area contributed by atoms with E-state index in [1.165, 1.54) is 0 Å². The maximum atomic E-state index is 11.6. The van der Waals surface area contributed by atoms with Gasteiger partial charge in [-0.25, -0.2) is 0 Å². The molecule has 1 aromatic carbocycles. The van der Waals surface area contributed by atoms with Crippen LogP contribution in [0.3, 0.4) is 0 Å². The molecule has 5 heteroatoms. The summed E-state index contributed by atoms with van der Waals surface area (Å²) in [5.74, 6) is -0.0602. The van der Waals surface area contributed by atoms with Crippen molar-refractivity contribution in [2.45, 2.75) is 13.3 Å². The molecule has 1 aromatic rings. The lowest BCUT2D eigenvalue weighted by Crippen LogP contribution is -2.32. The van der Waals surface area contributed by atoms with Crippen LogP contribution in [0.1, 0.15) is 23.7 Å². The fourth-order valence-electron chi connectivity index (χ4n) is 1.27. The largest absolute Gasteiger partial charge is 0.351 e. The third-order valence-electron chi connectivity index (χ3n) is 2.12. The van der Waals surface area contributed by atoms with Gasteiger partial charge in [0.2, 0.25) is 0 Å². The molecule has 0 aliphatic rings. The average Bonchev–Trinajstić information content (AvgIpc) is 2.29. The quantitative estimate of drug-likeness (QED) is 0.784. The molecule has 0 radical (unpaired) electrons. The minimum absolute atomic E-state index is 0. The second-order valence-corrected chi connectivity index (χ2v) is 3.95. The van der Waals surface area contributed by atoms with E-state index in [4.69, 9.17) is 11.6 Å². The highest BCUT2D eigenvalue weighted by atomic mass is 35.5. The lowest BCUT2D eigenvalue weighted by atomic mass is 10.2. The lowest BCUT2D eigenvalue weighted by Gasteiger charge is -2.06. The molecule has 1 rings (SSSR count). The third-order valence-corrected chi connectivity index (χ3v) is 2.37. The molecule has 0 spiro atoms. The Balaban J connectivity index is 0.00000256. The zero-order valence-electron chi connectivity index (χ0n) is 9.83. The van der Waals surface area contributed by atoms with E-state index in [1.54, 1.807) is 24.3 Å². The summed E-state index contributed by atoms with van der Waals surface area (Å²) >= 11 is 5.74. The van der Waals surface area contributed by atoms with Crippen molar-refractivity contribution in [2.75, 3.05) is 19.6 Å². The fraction of sp³-hybridized carbons (Fsp3) is 0.417. The standard InChI is InChI=1S/C12H17ClN2O.ClH/c1-2-7-14-8-9-15-12(16)10-3-5-11(13)6-4-10;/h3-6,14H,2,7-9H2,1H3,(H,15,16);1H. The van der Waals surface area contributed by atoms with Crippen LogP contribution in [0.15, 0.2) is 24.3 Å². The van der Waals surface area contributed by atoms with Crippen molar-refractivity contribution in [1.82, 2.24) is 10.6 Å². The van der Waals surface area contributed by atoms with Crippen molar-refractivity contribution in [3.63, 3.8) is 0 Å². The van der Waals surface area contributed by atoms with Gasteiger partial charge in [0.15, 0.2) is 0 Å². The van der Waals surface area contributed by atoms with E-state index in [9.17, 15) is 4.79 Å². The molecule has 17 heavy (non-hydrogen) atoms. The number of halogens is 2. The highest BCUT2D eigenvalue weighted by molar-refractivity contribution is 6.30. The van der Waals surface area contributed by atoms with Crippen LogP contribution < -0.4 is 10.6 Å². The van der Waals surface area contributed by atoms with Crippen LogP contribution in [-0.2, 0) is 0 Å². The number of benzene rings is 1. The van der Waals surface area contributed by atoms with E-state index in [0.717, 1.165) is 19.5 Å². The summed E-state index contributed by atoms with van der Waals surface area (Å²) in [6, 6.07) is 6.87.